The Morgan fingerprint density at radius 2 is 1.84 bits per heavy atom. The first-order chi connectivity index (χ1) is 11.9. The van der Waals surface area contributed by atoms with Crippen LogP contribution in [0.2, 0.25) is 0 Å². The molecule has 2 heterocycles. The largest absolute Gasteiger partial charge is 0.304 e. The van der Waals surface area contributed by atoms with E-state index >= 15 is 0 Å². The first-order valence-electron chi connectivity index (χ1n) is 7.58. The van der Waals surface area contributed by atoms with Gasteiger partial charge in [0, 0.05) is 0 Å². The summed E-state index contributed by atoms with van der Waals surface area (Å²) in [6.45, 7) is 3.62. The smallest absolute Gasteiger partial charge is 0.259 e. The summed E-state index contributed by atoms with van der Waals surface area (Å²) < 4.78 is 27.4. The summed E-state index contributed by atoms with van der Waals surface area (Å²) in [4.78, 5) is 15.0. The fourth-order valence-electron chi connectivity index (χ4n) is 2.95. The van der Waals surface area contributed by atoms with Gasteiger partial charge in [-0.25, -0.2) is 8.42 Å². The Morgan fingerprint density at radius 1 is 1.08 bits per heavy atom. The van der Waals surface area contributed by atoms with Crippen LogP contribution in [0.25, 0.3) is 16.6 Å². The molecule has 0 amide bonds. The molecule has 0 radical (unpaired) electrons. The van der Waals surface area contributed by atoms with Crippen molar-refractivity contribution in [2.24, 2.45) is 0 Å². The van der Waals surface area contributed by atoms with Gasteiger partial charge in [0.15, 0.2) is 5.65 Å². The molecule has 0 unspecified atom stereocenters. The minimum Gasteiger partial charge on any atom is -0.304 e. The highest BCUT2D eigenvalue weighted by Crippen LogP contribution is 2.26. The van der Waals surface area contributed by atoms with Crippen LogP contribution in [0.1, 0.15) is 11.1 Å². The first kappa shape index (κ1) is 15.5. The summed E-state index contributed by atoms with van der Waals surface area (Å²) in [5.41, 5.74) is 1.75. The Bertz CT molecular complexity index is 1300. The normalized spacial score (nSPS) is 12.1. The quantitative estimate of drug-likeness (QED) is 0.594. The lowest BCUT2D eigenvalue weighted by atomic mass is 10.2. The number of aromatic amines is 1. The van der Waals surface area contributed by atoms with Crippen LogP contribution >= 0.6 is 0 Å². The number of H-pyrrole nitrogens is 1. The summed E-state index contributed by atoms with van der Waals surface area (Å²) in [6.07, 6.45) is 0. The second-order valence-corrected chi connectivity index (χ2v) is 7.73. The fourth-order valence-corrected chi connectivity index (χ4v) is 4.43. The van der Waals surface area contributed by atoms with E-state index in [0.717, 1.165) is 5.56 Å². The topological polar surface area (TPSA) is 97.2 Å². The fraction of sp³-hybridized carbons (Fsp3) is 0.118. The summed E-state index contributed by atoms with van der Waals surface area (Å²) in [6, 6.07) is 11.9. The Labute approximate surface area is 142 Å². The van der Waals surface area contributed by atoms with E-state index in [-0.39, 0.29) is 21.1 Å². The van der Waals surface area contributed by atoms with E-state index in [1.54, 1.807) is 49.4 Å². The van der Waals surface area contributed by atoms with Crippen LogP contribution < -0.4 is 5.56 Å². The molecule has 126 valence electrons. The van der Waals surface area contributed by atoms with Crippen molar-refractivity contribution in [3.63, 3.8) is 0 Å². The number of benzene rings is 2. The number of fused-ring (bicyclic) bond motifs is 3. The number of nitrogens with one attached hydrogen (secondary N) is 1. The van der Waals surface area contributed by atoms with Gasteiger partial charge >= 0.3 is 0 Å². The average Bonchev–Trinajstić information content (AvgIpc) is 2.99. The molecule has 0 bridgehead atoms. The van der Waals surface area contributed by atoms with Crippen LogP contribution in [0.3, 0.4) is 0 Å². The maximum absolute atomic E-state index is 13.1. The molecular formula is C17H14N4O3S. The van der Waals surface area contributed by atoms with Crippen LogP contribution in [0, 0.1) is 13.8 Å². The predicted molar refractivity (Wildman–Crippen MR) is 92.5 cm³/mol. The predicted octanol–water partition coefficient (Wildman–Crippen LogP) is 2.02. The third kappa shape index (κ3) is 2.25. The zero-order chi connectivity index (χ0) is 17.8. The minimum absolute atomic E-state index is 0.0590. The summed E-state index contributed by atoms with van der Waals surface area (Å²) >= 11 is 0. The van der Waals surface area contributed by atoms with E-state index < -0.39 is 9.84 Å². The summed E-state index contributed by atoms with van der Waals surface area (Å²) in [5, 5.41) is 7.95. The van der Waals surface area contributed by atoms with Crippen molar-refractivity contribution in [1.29, 1.82) is 0 Å². The standard InChI is InChI=1S/C17H14N4O3S/c1-10-7-8-14(11(2)9-10)25(23,24)17-15-18-16(22)12-5-3-4-6-13(12)21(15)20-19-17/h3-9H,1-2H3,(H,18,22). The van der Waals surface area contributed by atoms with Crippen molar-refractivity contribution in [2.45, 2.75) is 23.8 Å². The van der Waals surface area contributed by atoms with Crippen LogP contribution in [-0.4, -0.2) is 28.2 Å². The highest BCUT2D eigenvalue weighted by Gasteiger charge is 2.27. The van der Waals surface area contributed by atoms with Gasteiger partial charge in [-0.15, -0.1) is 5.10 Å². The monoisotopic (exact) mass is 354 g/mol. The maximum Gasteiger partial charge on any atom is 0.259 e. The Hall–Kier alpha value is -3.00. The third-order valence-electron chi connectivity index (χ3n) is 4.12. The zero-order valence-corrected chi connectivity index (χ0v) is 14.3. The van der Waals surface area contributed by atoms with Crippen molar-refractivity contribution in [3.05, 3.63) is 63.9 Å². The molecule has 0 spiro atoms. The molecule has 2 aromatic carbocycles. The van der Waals surface area contributed by atoms with Crippen molar-refractivity contribution in [2.75, 3.05) is 0 Å². The minimum atomic E-state index is -3.92. The van der Waals surface area contributed by atoms with E-state index in [2.05, 4.69) is 15.3 Å². The van der Waals surface area contributed by atoms with E-state index in [4.69, 9.17) is 0 Å². The lowest BCUT2D eigenvalue weighted by Gasteiger charge is -2.06. The Balaban J connectivity index is 2.06. The molecule has 2 aromatic heterocycles. The van der Waals surface area contributed by atoms with Crippen LogP contribution in [0.15, 0.2) is 57.2 Å². The number of hydrogen-bond donors (Lipinski definition) is 1. The first-order valence-corrected chi connectivity index (χ1v) is 9.07. The highest BCUT2D eigenvalue weighted by atomic mass is 32.2. The number of aromatic nitrogens is 4. The van der Waals surface area contributed by atoms with Gasteiger partial charge in [-0.1, -0.05) is 35.0 Å². The van der Waals surface area contributed by atoms with Gasteiger partial charge in [-0.3, -0.25) is 4.79 Å². The number of nitrogens with zero attached hydrogens (tertiary/aromatic N) is 3. The van der Waals surface area contributed by atoms with E-state index in [1.807, 2.05) is 6.92 Å². The molecule has 0 fully saturated rings. The molecular weight excluding hydrogens is 340 g/mol. The van der Waals surface area contributed by atoms with Gasteiger partial charge < -0.3 is 4.98 Å². The van der Waals surface area contributed by atoms with Gasteiger partial charge in [0.2, 0.25) is 14.9 Å². The van der Waals surface area contributed by atoms with Crippen LogP contribution in [0.5, 0.6) is 0 Å². The van der Waals surface area contributed by atoms with Crippen molar-refractivity contribution in [1.82, 2.24) is 19.8 Å². The summed E-state index contributed by atoms with van der Waals surface area (Å²) in [5.74, 6) is 0. The molecule has 8 heteroatoms. The van der Waals surface area contributed by atoms with Gasteiger partial charge in [0.05, 0.1) is 15.8 Å². The highest BCUT2D eigenvalue weighted by molar-refractivity contribution is 7.91. The SMILES string of the molecule is Cc1ccc(S(=O)(=O)c2nnn3c2[nH]c(=O)c2ccccc23)c(C)c1. The number of aryl methyl sites for hydroxylation is 2. The van der Waals surface area contributed by atoms with E-state index in [9.17, 15) is 13.2 Å². The molecule has 0 aliphatic rings. The number of hydrogen-bond acceptors (Lipinski definition) is 5. The number of para-hydroxylation sites is 1. The number of rotatable bonds is 2. The third-order valence-corrected chi connectivity index (χ3v) is 5.94. The molecule has 4 aromatic rings. The zero-order valence-electron chi connectivity index (χ0n) is 13.5. The van der Waals surface area contributed by atoms with Crippen molar-refractivity contribution in [3.8, 4) is 0 Å². The Kier molecular flexibility index (Phi) is 3.26. The number of sulfone groups is 1. The lowest BCUT2D eigenvalue weighted by molar-refractivity contribution is 0.592. The van der Waals surface area contributed by atoms with Gasteiger partial charge in [-0.05, 0) is 37.6 Å². The van der Waals surface area contributed by atoms with Gasteiger partial charge in [-0.2, -0.15) is 4.52 Å². The molecule has 7 nitrogen and oxygen atoms in total. The van der Waals surface area contributed by atoms with Crippen LogP contribution in [0.4, 0.5) is 0 Å². The molecule has 4 rings (SSSR count). The average molecular weight is 354 g/mol. The Morgan fingerprint density at radius 3 is 2.60 bits per heavy atom. The van der Waals surface area contributed by atoms with E-state index in [0.29, 0.717) is 16.5 Å². The lowest BCUT2D eigenvalue weighted by Crippen LogP contribution is -2.12. The molecule has 0 saturated heterocycles. The summed E-state index contributed by atoms with van der Waals surface area (Å²) in [7, 11) is -3.92. The van der Waals surface area contributed by atoms with Crippen molar-refractivity contribution < 1.29 is 8.42 Å². The molecule has 0 atom stereocenters. The van der Waals surface area contributed by atoms with Gasteiger partial charge in [0.25, 0.3) is 5.56 Å². The second-order valence-electron chi connectivity index (χ2n) is 5.90. The molecule has 0 aliphatic heterocycles. The molecule has 1 N–H and O–H groups in total. The molecule has 0 aliphatic carbocycles. The molecule has 0 saturated carbocycles. The van der Waals surface area contributed by atoms with Crippen LogP contribution in [-0.2, 0) is 9.84 Å². The van der Waals surface area contributed by atoms with Gasteiger partial charge in [0.1, 0.15) is 0 Å². The molecule has 25 heavy (non-hydrogen) atoms. The van der Waals surface area contributed by atoms with E-state index in [1.165, 1.54) is 4.52 Å². The van der Waals surface area contributed by atoms with Crippen molar-refractivity contribution >= 4 is 26.4 Å². The maximum atomic E-state index is 13.1. The second kappa shape index (κ2) is 5.25.